The van der Waals surface area contributed by atoms with Crippen LogP contribution in [-0.2, 0) is 5.75 Å². The molecular formula is C14H15NOS. The lowest BCUT2D eigenvalue weighted by Gasteiger charge is -2.07. The highest BCUT2D eigenvalue weighted by Crippen LogP contribution is 2.31. The molecule has 17 heavy (non-hydrogen) atoms. The SMILES string of the molecule is COc1ccc(N)c(SCc2ccccc2)c1. The molecule has 0 radical (unpaired) electrons. The van der Waals surface area contributed by atoms with Crippen LogP contribution < -0.4 is 10.5 Å². The molecule has 0 bridgehead atoms. The highest BCUT2D eigenvalue weighted by molar-refractivity contribution is 7.98. The number of hydrogen-bond acceptors (Lipinski definition) is 3. The zero-order chi connectivity index (χ0) is 12.1. The van der Waals surface area contributed by atoms with Crippen LogP contribution in [0.3, 0.4) is 0 Å². The predicted octanol–water partition coefficient (Wildman–Crippen LogP) is 3.57. The van der Waals surface area contributed by atoms with Gasteiger partial charge in [0, 0.05) is 16.3 Å². The molecule has 0 aliphatic heterocycles. The van der Waals surface area contributed by atoms with Crippen molar-refractivity contribution in [2.24, 2.45) is 0 Å². The van der Waals surface area contributed by atoms with Crippen molar-refractivity contribution >= 4 is 17.4 Å². The molecule has 0 saturated heterocycles. The Morgan fingerprint density at radius 3 is 2.59 bits per heavy atom. The van der Waals surface area contributed by atoms with Gasteiger partial charge in [-0.3, -0.25) is 0 Å². The summed E-state index contributed by atoms with van der Waals surface area (Å²) in [7, 11) is 1.66. The topological polar surface area (TPSA) is 35.2 Å². The number of ether oxygens (including phenoxy) is 1. The third-order valence-corrected chi connectivity index (χ3v) is 3.60. The molecule has 0 unspecified atom stereocenters. The lowest BCUT2D eigenvalue weighted by molar-refractivity contribution is 0.414. The van der Waals surface area contributed by atoms with Gasteiger partial charge in [-0.1, -0.05) is 30.3 Å². The molecule has 2 aromatic carbocycles. The van der Waals surface area contributed by atoms with Gasteiger partial charge in [0.1, 0.15) is 5.75 Å². The Morgan fingerprint density at radius 2 is 1.88 bits per heavy atom. The van der Waals surface area contributed by atoms with Crippen LogP contribution in [0.15, 0.2) is 53.4 Å². The molecule has 0 aliphatic rings. The molecule has 0 heterocycles. The molecule has 2 rings (SSSR count). The Morgan fingerprint density at radius 1 is 1.12 bits per heavy atom. The second-order valence-electron chi connectivity index (χ2n) is 3.68. The third-order valence-electron chi connectivity index (χ3n) is 2.46. The largest absolute Gasteiger partial charge is 0.497 e. The minimum Gasteiger partial charge on any atom is -0.497 e. The Balaban J connectivity index is 2.08. The van der Waals surface area contributed by atoms with E-state index in [1.54, 1.807) is 18.9 Å². The molecule has 0 atom stereocenters. The summed E-state index contributed by atoms with van der Waals surface area (Å²) in [6, 6.07) is 16.1. The summed E-state index contributed by atoms with van der Waals surface area (Å²) in [5, 5.41) is 0. The Bertz CT molecular complexity index is 485. The first-order chi connectivity index (χ1) is 8.29. The van der Waals surface area contributed by atoms with E-state index in [1.807, 2.05) is 36.4 Å². The number of nitrogens with two attached hydrogens (primary N) is 1. The van der Waals surface area contributed by atoms with Crippen molar-refractivity contribution in [1.29, 1.82) is 0 Å². The zero-order valence-corrected chi connectivity index (χ0v) is 10.5. The summed E-state index contributed by atoms with van der Waals surface area (Å²) in [6.45, 7) is 0. The fourth-order valence-corrected chi connectivity index (χ4v) is 2.45. The van der Waals surface area contributed by atoms with Crippen molar-refractivity contribution in [3.63, 3.8) is 0 Å². The van der Waals surface area contributed by atoms with Crippen LogP contribution in [0.5, 0.6) is 5.75 Å². The van der Waals surface area contributed by atoms with Crippen molar-refractivity contribution in [2.75, 3.05) is 12.8 Å². The number of methoxy groups -OCH3 is 1. The normalized spacial score (nSPS) is 10.2. The van der Waals surface area contributed by atoms with E-state index in [0.29, 0.717) is 0 Å². The average molecular weight is 245 g/mol. The first-order valence-corrected chi connectivity index (χ1v) is 6.38. The quantitative estimate of drug-likeness (QED) is 0.660. The van der Waals surface area contributed by atoms with Crippen LogP contribution >= 0.6 is 11.8 Å². The van der Waals surface area contributed by atoms with Crippen LogP contribution in [0.1, 0.15) is 5.56 Å². The van der Waals surface area contributed by atoms with Crippen LogP contribution in [0, 0.1) is 0 Å². The van der Waals surface area contributed by atoms with Gasteiger partial charge in [0.15, 0.2) is 0 Å². The minimum atomic E-state index is 0.798. The molecule has 0 aliphatic carbocycles. The number of thioether (sulfide) groups is 1. The number of nitrogen functional groups attached to an aromatic ring is 1. The molecule has 0 fully saturated rings. The molecule has 88 valence electrons. The standard InChI is InChI=1S/C14H15NOS/c1-16-12-7-8-13(15)14(9-12)17-10-11-5-3-2-4-6-11/h2-9H,10,15H2,1H3. The molecule has 2 nitrogen and oxygen atoms in total. The highest BCUT2D eigenvalue weighted by atomic mass is 32.2. The summed E-state index contributed by atoms with van der Waals surface area (Å²) in [5.41, 5.74) is 8.02. The van der Waals surface area contributed by atoms with Gasteiger partial charge < -0.3 is 10.5 Å². The van der Waals surface area contributed by atoms with Gasteiger partial charge in [0.05, 0.1) is 7.11 Å². The van der Waals surface area contributed by atoms with Crippen molar-refractivity contribution in [3.05, 3.63) is 54.1 Å². The van der Waals surface area contributed by atoms with E-state index in [-0.39, 0.29) is 0 Å². The number of benzene rings is 2. The van der Waals surface area contributed by atoms with Gasteiger partial charge in [-0.15, -0.1) is 11.8 Å². The molecular weight excluding hydrogens is 230 g/mol. The first-order valence-electron chi connectivity index (χ1n) is 5.40. The van der Waals surface area contributed by atoms with Gasteiger partial charge in [0.25, 0.3) is 0 Å². The van der Waals surface area contributed by atoms with E-state index in [4.69, 9.17) is 10.5 Å². The van der Waals surface area contributed by atoms with Gasteiger partial charge in [-0.2, -0.15) is 0 Å². The van der Waals surface area contributed by atoms with Gasteiger partial charge in [-0.25, -0.2) is 0 Å². The monoisotopic (exact) mass is 245 g/mol. The molecule has 0 saturated carbocycles. The average Bonchev–Trinajstić information content (AvgIpc) is 2.39. The van der Waals surface area contributed by atoms with Gasteiger partial charge >= 0.3 is 0 Å². The van der Waals surface area contributed by atoms with Crippen LogP contribution in [-0.4, -0.2) is 7.11 Å². The molecule has 2 N–H and O–H groups in total. The fourth-order valence-electron chi connectivity index (χ4n) is 1.50. The lowest BCUT2D eigenvalue weighted by Crippen LogP contribution is -1.91. The summed E-state index contributed by atoms with van der Waals surface area (Å²) >= 11 is 1.72. The predicted molar refractivity (Wildman–Crippen MR) is 73.4 cm³/mol. The maximum atomic E-state index is 5.93. The molecule has 0 spiro atoms. The van der Waals surface area contributed by atoms with Gasteiger partial charge in [0.2, 0.25) is 0 Å². The van der Waals surface area contributed by atoms with E-state index < -0.39 is 0 Å². The Kier molecular flexibility index (Phi) is 3.94. The minimum absolute atomic E-state index is 0.798. The van der Waals surface area contributed by atoms with Crippen molar-refractivity contribution in [3.8, 4) is 5.75 Å². The number of anilines is 1. The van der Waals surface area contributed by atoms with Crippen LogP contribution in [0.2, 0.25) is 0 Å². The van der Waals surface area contributed by atoms with Crippen LogP contribution in [0.25, 0.3) is 0 Å². The Labute approximate surface area is 106 Å². The lowest BCUT2D eigenvalue weighted by atomic mass is 10.2. The molecule has 2 aromatic rings. The fraction of sp³-hybridized carbons (Fsp3) is 0.143. The molecule has 3 heteroatoms. The number of rotatable bonds is 4. The van der Waals surface area contributed by atoms with E-state index >= 15 is 0 Å². The first kappa shape index (κ1) is 11.9. The van der Waals surface area contributed by atoms with E-state index in [9.17, 15) is 0 Å². The molecule has 0 amide bonds. The summed E-state index contributed by atoms with van der Waals surface area (Å²) < 4.78 is 5.19. The molecule has 0 aromatic heterocycles. The maximum Gasteiger partial charge on any atom is 0.120 e. The van der Waals surface area contributed by atoms with Crippen molar-refractivity contribution in [2.45, 2.75) is 10.6 Å². The zero-order valence-electron chi connectivity index (χ0n) is 9.72. The van der Waals surface area contributed by atoms with E-state index in [1.165, 1.54) is 5.56 Å². The maximum absolute atomic E-state index is 5.93. The smallest absolute Gasteiger partial charge is 0.120 e. The highest BCUT2D eigenvalue weighted by Gasteiger charge is 2.02. The summed E-state index contributed by atoms with van der Waals surface area (Å²) in [6.07, 6.45) is 0. The second kappa shape index (κ2) is 5.64. The van der Waals surface area contributed by atoms with Crippen molar-refractivity contribution < 1.29 is 4.74 Å². The Hall–Kier alpha value is -1.61. The third kappa shape index (κ3) is 3.17. The van der Waals surface area contributed by atoms with E-state index in [0.717, 1.165) is 22.1 Å². The van der Waals surface area contributed by atoms with Crippen molar-refractivity contribution in [1.82, 2.24) is 0 Å². The number of hydrogen-bond donors (Lipinski definition) is 1. The van der Waals surface area contributed by atoms with Crippen LogP contribution in [0.4, 0.5) is 5.69 Å². The summed E-state index contributed by atoms with van der Waals surface area (Å²) in [4.78, 5) is 1.06. The summed E-state index contributed by atoms with van der Waals surface area (Å²) in [5.74, 6) is 1.76. The van der Waals surface area contributed by atoms with E-state index in [2.05, 4.69) is 12.1 Å². The van der Waals surface area contributed by atoms with Gasteiger partial charge in [-0.05, 0) is 23.8 Å². The second-order valence-corrected chi connectivity index (χ2v) is 4.70.